The van der Waals surface area contributed by atoms with Crippen molar-refractivity contribution in [3.8, 4) is 0 Å². The second-order valence-corrected chi connectivity index (χ2v) is 13.3. The van der Waals surface area contributed by atoms with Gasteiger partial charge in [-0.2, -0.15) is 0 Å². The SMILES string of the molecule is CC1CN([C@H](C)c2ccccc2)C[C@]1(CF)NC(=O)OC(C)(C)C.CC1CNC[C@]1(CF)NC(=O)OC(C)(C)C. The normalized spacial score (nSPS) is 27.8. The van der Waals surface area contributed by atoms with E-state index in [0.29, 0.717) is 19.6 Å². The molecule has 2 heterocycles. The lowest BCUT2D eigenvalue weighted by atomic mass is 9.90. The maximum Gasteiger partial charge on any atom is 0.408 e. The molecule has 2 saturated heterocycles. The van der Waals surface area contributed by atoms with E-state index in [-0.39, 0.29) is 17.9 Å². The number of rotatable bonds is 6. The summed E-state index contributed by atoms with van der Waals surface area (Å²) in [4.78, 5) is 26.0. The summed E-state index contributed by atoms with van der Waals surface area (Å²) in [6.07, 6.45) is -1.11. The lowest BCUT2D eigenvalue weighted by molar-refractivity contribution is 0.0402. The minimum absolute atomic E-state index is 0.00109. The summed E-state index contributed by atoms with van der Waals surface area (Å²) in [5.74, 6) is 0.0613. The molecule has 0 saturated carbocycles. The van der Waals surface area contributed by atoms with Gasteiger partial charge < -0.3 is 25.4 Å². The van der Waals surface area contributed by atoms with E-state index >= 15 is 0 Å². The van der Waals surface area contributed by atoms with Gasteiger partial charge in [-0.25, -0.2) is 18.4 Å². The van der Waals surface area contributed by atoms with Crippen LogP contribution < -0.4 is 16.0 Å². The number of alkyl halides is 2. The van der Waals surface area contributed by atoms with Crippen molar-refractivity contribution in [2.75, 3.05) is 39.5 Å². The molecule has 0 spiro atoms. The Morgan fingerprint density at radius 3 is 1.88 bits per heavy atom. The van der Waals surface area contributed by atoms with E-state index in [9.17, 15) is 18.4 Å². The molecule has 2 aliphatic heterocycles. The Labute approximate surface area is 238 Å². The van der Waals surface area contributed by atoms with Crippen molar-refractivity contribution in [3.05, 3.63) is 35.9 Å². The van der Waals surface area contributed by atoms with Crippen LogP contribution in [0.2, 0.25) is 0 Å². The first kappa shape index (κ1) is 33.7. The first-order valence-corrected chi connectivity index (χ1v) is 14.1. The zero-order valence-electron chi connectivity index (χ0n) is 25.7. The molecule has 0 aromatic heterocycles. The van der Waals surface area contributed by atoms with Crippen LogP contribution in [0.5, 0.6) is 0 Å². The Morgan fingerprint density at radius 1 is 0.950 bits per heavy atom. The molecule has 2 unspecified atom stereocenters. The van der Waals surface area contributed by atoms with Gasteiger partial charge in [0.15, 0.2) is 0 Å². The highest BCUT2D eigenvalue weighted by Crippen LogP contribution is 2.34. The highest BCUT2D eigenvalue weighted by Gasteiger charge is 2.47. The number of likely N-dealkylation sites (tertiary alicyclic amines) is 1. The van der Waals surface area contributed by atoms with Gasteiger partial charge >= 0.3 is 12.2 Å². The fraction of sp³-hybridized carbons (Fsp3) is 0.733. The van der Waals surface area contributed by atoms with Crippen molar-refractivity contribution in [3.63, 3.8) is 0 Å². The lowest BCUT2D eigenvalue weighted by Gasteiger charge is -2.33. The predicted molar refractivity (Wildman–Crippen MR) is 154 cm³/mol. The first-order valence-electron chi connectivity index (χ1n) is 14.1. The van der Waals surface area contributed by atoms with Gasteiger partial charge in [0.2, 0.25) is 0 Å². The zero-order valence-corrected chi connectivity index (χ0v) is 25.7. The standard InChI is InChI=1S/C19H29FN2O2.C11H21FN2O2/c1-14-11-22(15(2)16-9-7-6-8-10-16)13-19(14,12-20)21-17(23)24-18(3,4)5;1-8-5-13-7-11(8,6-12)14-9(15)16-10(2,3)4/h6-10,14-15H,11-13H2,1-5H3,(H,21,23);8,13H,5-7H2,1-4H3,(H,14,15)/t14?,15-,19+;8?,11-/m10/s1. The van der Waals surface area contributed by atoms with Crippen molar-refractivity contribution in [2.24, 2.45) is 11.8 Å². The fourth-order valence-electron chi connectivity index (χ4n) is 4.99. The van der Waals surface area contributed by atoms with Crippen molar-refractivity contribution in [2.45, 2.75) is 90.6 Å². The first-order chi connectivity index (χ1) is 18.5. The van der Waals surface area contributed by atoms with E-state index in [0.717, 1.165) is 6.54 Å². The minimum atomic E-state index is -0.897. The zero-order chi connectivity index (χ0) is 30.4. The molecule has 1 aromatic carbocycles. The minimum Gasteiger partial charge on any atom is -0.444 e. The molecule has 0 radical (unpaired) electrons. The van der Waals surface area contributed by atoms with Gasteiger partial charge in [0.1, 0.15) is 24.6 Å². The van der Waals surface area contributed by atoms with E-state index in [1.54, 1.807) is 41.5 Å². The average Bonchev–Trinajstić information content (AvgIpc) is 3.36. The monoisotopic (exact) mass is 568 g/mol. The van der Waals surface area contributed by atoms with Crippen LogP contribution >= 0.6 is 0 Å². The van der Waals surface area contributed by atoms with E-state index in [1.807, 2.05) is 32.0 Å². The molecule has 10 heteroatoms. The summed E-state index contributed by atoms with van der Waals surface area (Å²) in [6.45, 7) is 17.9. The van der Waals surface area contributed by atoms with Crippen molar-refractivity contribution < 1.29 is 27.8 Å². The Balaban J connectivity index is 0.000000305. The predicted octanol–water partition coefficient (Wildman–Crippen LogP) is 5.39. The smallest absolute Gasteiger partial charge is 0.408 e. The van der Waals surface area contributed by atoms with Crippen LogP contribution in [0.25, 0.3) is 0 Å². The van der Waals surface area contributed by atoms with E-state index in [2.05, 4.69) is 39.9 Å². The second kappa shape index (κ2) is 13.5. The van der Waals surface area contributed by atoms with E-state index in [4.69, 9.17) is 9.47 Å². The Morgan fingerprint density at radius 2 is 1.45 bits per heavy atom. The van der Waals surface area contributed by atoms with Crippen molar-refractivity contribution in [1.29, 1.82) is 0 Å². The number of nitrogens with one attached hydrogen (secondary N) is 3. The molecule has 0 aliphatic carbocycles. The molecule has 3 rings (SSSR count). The lowest BCUT2D eigenvalue weighted by Crippen LogP contribution is -2.56. The van der Waals surface area contributed by atoms with Crippen LogP contribution in [-0.2, 0) is 9.47 Å². The molecule has 1 aromatic rings. The van der Waals surface area contributed by atoms with Gasteiger partial charge in [-0.1, -0.05) is 44.2 Å². The number of carbonyl (C=O) groups is 2. The van der Waals surface area contributed by atoms with Gasteiger partial charge in [0, 0.05) is 32.2 Å². The maximum absolute atomic E-state index is 13.9. The van der Waals surface area contributed by atoms with Gasteiger partial charge in [0.05, 0.1) is 11.1 Å². The van der Waals surface area contributed by atoms with Crippen LogP contribution in [0.3, 0.4) is 0 Å². The van der Waals surface area contributed by atoms with Crippen LogP contribution in [0.1, 0.15) is 73.9 Å². The second-order valence-electron chi connectivity index (χ2n) is 13.3. The third-order valence-electron chi connectivity index (χ3n) is 7.58. The molecule has 2 fully saturated rings. The number of nitrogens with zero attached hydrogens (tertiary/aromatic N) is 1. The highest BCUT2D eigenvalue weighted by molar-refractivity contribution is 5.69. The number of alkyl carbamates (subject to hydrolysis) is 2. The number of benzene rings is 1. The molecule has 8 nitrogen and oxygen atoms in total. The van der Waals surface area contributed by atoms with Crippen molar-refractivity contribution in [1.82, 2.24) is 20.9 Å². The Kier molecular flexibility index (Phi) is 11.4. The number of hydrogen-bond acceptors (Lipinski definition) is 6. The van der Waals surface area contributed by atoms with Gasteiger partial charge in [0.25, 0.3) is 0 Å². The van der Waals surface area contributed by atoms with Crippen LogP contribution in [0.15, 0.2) is 30.3 Å². The van der Waals surface area contributed by atoms with Gasteiger partial charge in [-0.3, -0.25) is 4.90 Å². The third-order valence-corrected chi connectivity index (χ3v) is 7.58. The topological polar surface area (TPSA) is 91.9 Å². The molecular formula is C30H50F2N4O4. The fourth-order valence-corrected chi connectivity index (χ4v) is 4.99. The molecule has 0 bridgehead atoms. The van der Waals surface area contributed by atoms with Crippen LogP contribution in [0.4, 0.5) is 18.4 Å². The number of carbonyl (C=O) groups excluding carboxylic acids is 2. The number of hydrogen-bond donors (Lipinski definition) is 3. The third kappa shape index (κ3) is 9.29. The molecular weight excluding hydrogens is 518 g/mol. The number of ether oxygens (including phenoxy) is 2. The summed E-state index contributed by atoms with van der Waals surface area (Å²) < 4.78 is 37.5. The largest absolute Gasteiger partial charge is 0.444 e. The van der Waals surface area contributed by atoms with E-state index in [1.165, 1.54) is 5.56 Å². The van der Waals surface area contributed by atoms with Gasteiger partial charge in [-0.15, -0.1) is 0 Å². The summed E-state index contributed by atoms with van der Waals surface area (Å²) in [5, 5.41) is 8.53. The number of amides is 2. The molecule has 3 N–H and O–H groups in total. The van der Waals surface area contributed by atoms with Crippen molar-refractivity contribution >= 4 is 12.2 Å². The Hall–Kier alpha value is -2.46. The average molecular weight is 569 g/mol. The Bertz CT molecular complexity index is 969. The van der Waals surface area contributed by atoms with E-state index < -0.39 is 47.8 Å². The molecule has 40 heavy (non-hydrogen) atoms. The highest BCUT2D eigenvalue weighted by atomic mass is 19.1. The molecule has 228 valence electrons. The maximum atomic E-state index is 13.9. The summed E-state index contributed by atoms with van der Waals surface area (Å²) in [5.41, 5.74) is -1.68. The summed E-state index contributed by atoms with van der Waals surface area (Å²) in [6, 6.07) is 10.3. The molecule has 2 amide bonds. The van der Waals surface area contributed by atoms with Gasteiger partial charge in [-0.05, 0) is 65.9 Å². The molecule has 2 aliphatic rings. The number of halogens is 2. The summed E-state index contributed by atoms with van der Waals surface area (Å²) >= 11 is 0. The molecule has 5 atom stereocenters. The van der Waals surface area contributed by atoms with Crippen LogP contribution in [0, 0.1) is 11.8 Å². The van der Waals surface area contributed by atoms with Crippen LogP contribution in [-0.4, -0.2) is 78.9 Å². The quantitative estimate of drug-likeness (QED) is 0.426. The summed E-state index contributed by atoms with van der Waals surface area (Å²) in [7, 11) is 0.